The molecule has 0 unspecified atom stereocenters. The van der Waals surface area contributed by atoms with Crippen molar-refractivity contribution in [3.05, 3.63) is 71.9 Å². The Morgan fingerprint density at radius 1 is 1.15 bits per heavy atom. The lowest BCUT2D eigenvalue weighted by Crippen LogP contribution is -2.31. The fourth-order valence-electron chi connectivity index (χ4n) is 5.69. The van der Waals surface area contributed by atoms with Crippen molar-refractivity contribution < 1.29 is 18.6 Å². The first kappa shape index (κ1) is 26.3. The molecule has 0 spiro atoms. The van der Waals surface area contributed by atoms with E-state index in [1.165, 1.54) is 0 Å². The molecule has 0 bridgehead atoms. The first-order chi connectivity index (χ1) is 19.2. The van der Waals surface area contributed by atoms with Crippen LogP contribution >= 0.6 is 10.6 Å². The maximum absolute atomic E-state index is 13.1. The summed E-state index contributed by atoms with van der Waals surface area (Å²) in [5.74, 6) is 0.433. The van der Waals surface area contributed by atoms with Crippen LogP contribution in [0.1, 0.15) is 61.5 Å². The van der Waals surface area contributed by atoms with Gasteiger partial charge in [-0.2, -0.15) is 21.0 Å². The maximum atomic E-state index is 13.1. The van der Waals surface area contributed by atoms with E-state index in [4.69, 9.17) is 9.84 Å². The van der Waals surface area contributed by atoms with Crippen LogP contribution in [0.2, 0.25) is 0 Å². The Hall–Kier alpha value is -3.91. The molecular weight excluding hydrogens is 526 g/mol. The SMILES string of the molecule is CC1(C)C(=O)c2cc(Nc3nn([C@H]4CCCC[C@@H]4C#N)c4ccnc(OCc5ccccc5)c34)ccc2S1(O)O. The monoisotopic (exact) mass is 557 g/mol. The standard InChI is InChI=1S/C30H31N5O4S/c1-30(2)27(36)22-16-21(12-13-25(22)40(30,37)38)33-28-26-24(35(34-28)23-11-7-6-10-20(23)17-31)14-15-32-29(26)39-18-19-8-4-3-5-9-19/h3-5,8-9,12-16,20,23,37-38H,6-7,10-11,18H2,1-2H3,(H,33,34)/t20-,23+/m1/s1. The van der Waals surface area contributed by atoms with Gasteiger partial charge in [0.05, 0.1) is 28.4 Å². The highest BCUT2D eigenvalue weighted by molar-refractivity contribution is 8.26. The van der Waals surface area contributed by atoms with Gasteiger partial charge in [-0.25, -0.2) is 4.98 Å². The van der Waals surface area contributed by atoms with Crippen molar-refractivity contribution in [2.24, 2.45) is 5.92 Å². The van der Waals surface area contributed by atoms with Gasteiger partial charge in [-0.1, -0.05) is 43.2 Å². The smallest absolute Gasteiger partial charge is 0.227 e. The number of carbonyl (C=O) groups is 1. The molecule has 3 N–H and O–H groups in total. The largest absolute Gasteiger partial charge is 0.472 e. The number of Topliss-reactive ketones (excluding diaryl/α,β-unsaturated/α-hetero) is 1. The second-order valence-electron chi connectivity index (χ2n) is 10.9. The Labute approximate surface area is 234 Å². The fourth-order valence-corrected chi connectivity index (χ4v) is 7.32. The molecule has 3 heterocycles. The molecule has 1 saturated carbocycles. The van der Waals surface area contributed by atoms with Crippen LogP contribution in [-0.4, -0.2) is 34.4 Å². The number of fused-ring (bicyclic) bond motifs is 2. The van der Waals surface area contributed by atoms with E-state index in [0.717, 1.165) is 36.8 Å². The van der Waals surface area contributed by atoms with Gasteiger partial charge in [0.15, 0.2) is 11.6 Å². The number of benzene rings is 2. The average molecular weight is 558 g/mol. The van der Waals surface area contributed by atoms with Gasteiger partial charge in [0.2, 0.25) is 5.88 Å². The number of ketones is 1. The van der Waals surface area contributed by atoms with E-state index in [-0.39, 0.29) is 28.2 Å². The van der Waals surface area contributed by atoms with Crippen molar-refractivity contribution >= 4 is 38.8 Å². The molecule has 2 aromatic carbocycles. The van der Waals surface area contributed by atoms with Crippen molar-refractivity contribution in [1.29, 1.82) is 5.26 Å². The van der Waals surface area contributed by atoms with Crippen molar-refractivity contribution in [2.75, 3.05) is 5.32 Å². The highest BCUT2D eigenvalue weighted by atomic mass is 32.3. The van der Waals surface area contributed by atoms with Crippen LogP contribution < -0.4 is 10.1 Å². The summed E-state index contributed by atoms with van der Waals surface area (Å²) in [7, 11) is -3.27. The van der Waals surface area contributed by atoms with Crippen LogP contribution in [0.3, 0.4) is 0 Å². The van der Waals surface area contributed by atoms with Crippen LogP contribution in [0, 0.1) is 17.2 Å². The zero-order valence-corrected chi connectivity index (χ0v) is 23.2. The second kappa shape index (κ2) is 9.93. The summed E-state index contributed by atoms with van der Waals surface area (Å²) in [6, 6.07) is 19.0. The number of hydrogen-bond acceptors (Lipinski definition) is 8. The first-order valence-electron chi connectivity index (χ1n) is 13.4. The van der Waals surface area contributed by atoms with Gasteiger partial charge in [-0.15, -0.1) is 0 Å². The predicted octanol–water partition coefficient (Wildman–Crippen LogP) is 7.09. The lowest BCUT2D eigenvalue weighted by Gasteiger charge is -2.39. The number of pyridine rings is 1. The molecule has 206 valence electrons. The van der Waals surface area contributed by atoms with Crippen molar-refractivity contribution in [3.63, 3.8) is 0 Å². The van der Waals surface area contributed by atoms with E-state index in [0.29, 0.717) is 29.4 Å². The Balaban J connectivity index is 1.43. The topological polar surface area (TPSA) is 133 Å². The molecule has 2 atom stereocenters. The Bertz CT molecular complexity index is 1640. The van der Waals surface area contributed by atoms with E-state index in [1.54, 1.807) is 38.2 Å². The van der Waals surface area contributed by atoms with Crippen molar-refractivity contribution in [2.45, 2.75) is 61.8 Å². The zero-order valence-electron chi connectivity index (χ0n) is 22.4. The fraction of sp³-hybridized carbons (Fsp3) is 0.333. The van der Waals surface area contributed by atoms with E-state index in [1.807, 2.05) is 41.1 Å². The zero-order chi connectivity index (χ0) is 28.1. The van der Waals surface area contributed by atoms with Crippen molar-refractivity contribution in [1.82, 2.24) is 14.8 Å². The van der Waals surface area contributed by atoms with Gasteiger partial charge in [-0.3, -0.25) is 18.6 Å². The molecular formula is C30H31N5O4S. The number of carbonyl (C=O) groups excluding carboxylic acids is 1. The molecule has 1 fully saturated rings. The molecule has 0 saturated heterocycles. The maximum Gasteiger partial charge on any atom is 0.227 e. The summed E-state index contributed by atoms with van der Waals surface area (Å²) in [5.41, 5.74) is 2.66. The van der Waals surface area contributed by atoms with Gasteiger partial charge in [0.25, 0.3) is 0 Å². The summed E-state index contributed by atoms with van der Waals surface area (Å²) in [4.78, 5) is 17.9. The summed E-state index contributed by atoms with van der Waals surface area (Å²) >= 11 is 0. The molecule has 4 aromatic rings. The summed E-state index contributed by atoms with van der Waals surface area (Å²) in [6.45, 7) is 3.44. The lowest BCUT2D eigenvalue weighted by atomic mass is 9.85. The Kier molecular flexibility index (Phi) is 6.53. The van der Waals surface area contributed by atoms with E-state index >= 15 is 0 Å². The lowest BCUT2D eigenvalue weighted by molar-refractivity contribution is 0.0955. The summed E-state index contributed by atoms with van der Waals surface area (Å²) in [5, 5.41) is 18.9. The van der Waals surface area contributed by atoms with Crippen molar-refractivity contribution in [3.8, 4) is 11.9 Å². The van der Waals surface area contributed by atoms with Gasteiger partial charge in [0.1, 0.15) is 16.7 Å². The minimum atomic E-state index is -3.27. The predicted molar refractivity (Wildman–Crippen MR) is 154 cm³/mol. The van der Waals surface area contributed by atoms with Crippen LogP contribution in [0.15, 0.2) is 65.7 Å². The van der Waals surface area contributed by atoms with Gasteiger partial charge in [0, 0.05) is 17.4 Å². The number of anilines is 2. The van der Waals surface area contributed by atoms with Crippen LogP contribution in [-0.2, 0) is 6.61 Å². The number of aromatic nitrogens is 3. The summed E-state index contributed by atoms with van der Waals surface area (Å²) < 4.78 is 28.4. The molecule has 10 heteroatoms. The normalized spacial score (nSPS) is 21.9. The minimum Gasteiger partial charge on any atom is -0.472 e. The highest BCUT2D eigenvalue weighted by Crippen LogP contribution is 2.66. The summed E-state index contributed by atoms with van der Waals surface area (Å²) in [6.07, 6.45) is 5.39. The molecule has 6 rings (SSSR count). The number of nitrogens with one attached hydrogen (secondary N) is 1. The van der Waals surface area contributed by atoms with Gasteiger partial charge in [-0.05, 0) is 56.5 Å². The number of nitriles is 1. The molecule has 2 aromatic heterocycles. The quantitative estimate of drug-likeness (QED) is 0.229. The van der Waals surface area contributed by atoms with E-state index < -0.39 is 15.3 Å². The number of hydrogen-bond donors (Lipinski definition) is 3. The number of nitrogens with zero attached hydrogens (tertiary/aromatic N) is 4. The third-order valence-electron chi connectivity index (χ3n) is 8.07. The minimum absolute atomic E-state index is 0.0865. The molecule has 2 aliphatic rings. The molecule has 9 nitrogen and oxygen atoms in total. The number of rotatable bonds is 6. The van der Waals surface area contributed by atoms with Gasteiger partial charge < -0.3 is 10.1 Å². The Morgan fingerprint density at radius 2 is 1.93 bits per heavy atom. The highest BCUT2D eigenvalue weighted by Gasteiger charge is 2.51. The molecule has 40 heavy (non-hydrogen) atoms. The third-order valence-corrected chi connectivity index (χ3v) is 10.6. The molecule has 1 aliphatic carbocycles. The first-order valence-corrected chi connectivity index (χ1v) is 14.9. The van der Waals surface area contributed by atoms with Crippen LogP contribution in [0.5, 0.6) is 5.88 Å². The van der Waals surface area contributed by atoms with E-state index in [2.05, 4.69) is 16.4 Å². The molecule has 1 aliphatic heterocycles. The number of ether oxygens (including phenoxy) is 1. The third kappa shape index (κ3) is 4.22. The molecule has 0 amide bonds. The van der Waals surface area contributed by atoms with Crippen LogP contribution in [0.25, 0.3) is 10.9 Å². The van der Waals surface area contributed by atoms with E-state index in [9.17, 15) is 19.2 Å². The second-order valence-corrected chi connectivity index (χ2v) is 13.4. The van der Waals surface area contributed by atoms with Crippen LogP contribution in [0.4, 0.5) is 11.5 Å². The van der Waals surface area contributed by atoms with Gasteiger partial charge >= 0.3 is 0 Å². The molecule has 0 radical (unpaired) electrons. The average Bonchev–Trinajstić information content (AvgIpc) is 3.39. The Morgan fingerprint density at radius 3 is 2.70 bits per heavy atom.